The van der Waals surface area contributed by atoms with Crippen LogP contribution < -0.4 is 5.32 Å². The summed E-state index contributed by atoms with van der Waals surface area (Å²) in [6.45, 7) is 3.51. The maximum absolute atomic E-state index is 10.8. The molecule has 0 aliphatic carbocycles. The molecule has 5 nitrogen and oxygen atoms in total. The maximum Gasteiger partial charge on any atom is 0.322 e. The maximum atomic E-state index is 10.8. The number of thioether (sulfide) groups is 1. The van der Waals surface area contributed by atoms with Crippen molar-refractivity contribution in [3.8, 4) is 0 Å². The van der Waals surface area contributed by atoms with Crippen molar-refractivity contribution in [2.75, 3.05) is 6.54 Å². The molecule has 0 saturated carbocycles. The molecule has 7 heteroatoms. The number of carboxylic acid groups (broad SMARTS) is 1. The van der Waals surface area contributed by atoms with Crippen molar-refractivity contribution >= 4 is 32.2 Å². The second kappa shape index (κ2) is 3.92. The van der Waals surface area contributed by atoms with Gasteiger partial charge in [0.2, 0.25) is 10.3 Å². The van der Waals surface area contributed by atoms with E-state index in [-0.39, 0.29) is 10.7 Å². The normalized spacial score (nSPS) is 25.9. The molecule has 1 rings (SSSR count). The average Bonchev–Trinajstić information content (AvgIpc) is 2.01. The molecule has 1 heterocycles. The molecule has 0 aromatic carbocycles. The van der Waals surface area contributed by atoms with Gasteiger partial charge in [0.15, 0.2) is 0 Å². The third-order valence-corrected chi connectivity index (χ3v) is 4.26. The van der Waals surface area contributed by atoms with E-state index in [0.29, 0.717) is 0 Å². The van der Waals surface area contributed by atoms with Crippen LogP contribution in [0.25, 0.3) is 0 Å². The monoisotopic (exact) mass is 237 g/mol. The molecule has 0 bridgehead atoms. The van der Waals surface area contributed by atoms with Gasteiger partial charge in [-0.05, 0) is 13.8 Å². The number of hydrogen-bond acceptors (Lipinski definition) is 5. The summed E-state index contributed by atoms with van der Waals surface area (Å²) in [5.41, 5.74) is 0. The lowest BCUT2D eigenvalue weighted by Crippen LogP contribution is -2.56. The van der Waals surface area contributed by atoms with Crippen LogP contribution in [-0.2, 0) is 15.1 Å². The van der Waals surface area contributed by atoms with Crippen LogP contribution in [-0.4, -0.2) is 41.0 Å². The molecule has 0 radical (unpaired) electrons. The first-order valence-electron chi connectivity index (χ1n) is 3.95. The summed E-state index contributed by atoms with van der Waals surface area (Å²) in [5, 5.41) is 11.5. The van der Waals surface area contributed by atoms with Gasteiger partial charge in [0.05, 0.1) is 0 Å². The van der Waals surface area contributed by atoms with Crippen LogP contribution in [0.5, 0.6) is 0 Å². The van der Waals surface area contributed by atoms with Gasteiger partial charge in [0.25, 0.3) is 0 Å². The first-order chi connectivity index (χ1) is 6.34. The second-order valence-electron chi connectivity index (χ2n) is 3.46. The molecule has 14 heavy (non-hydrogen) atoms. The van der Waals surface area contributed by atoms with Crippen molar-refractivity contribution < 1.29 is 18.3 Å². The quantitative estimate of drug-likeness (QED) is 0.602. The van der Waals surface area contributed by atoms with Crippen molar-refractivity contribution in [2.45, 2.75) is 24.6 Å². The van der Waals surface area contributed by atoms with Crippen LogP contribution in [0.1, 0.15) is 13.8 Å². The van der Waals surface area contributed by atoms with E-state index in [1.54, 1.807) is 13.8 Å². The van der Waals surface area contributed by atoms with E-state index in [4.69, 9.17) is 5.11 Å². The molecule has 80 valence electrons. The summed E-state index contributed by atoms with van der Waals surface area (Å²) in [4.78, 5) is 10.8. The van der Waals surface area contributed by atoms with Crippen LogP contribution in [0.4, 0.5) is 0 Å². The molecule has 1 fully saturated rings. The summed E-state index contributed by atoms with van der Waals surface area (Å²) >= 11 is 1.09. The minimum absolute atomic E-state index is 0.0984. The molecule has 1 aliphatic heterocycles. The molecule has 2 N–H and O–H groups in total. The molecule has 1 unspecified atom stereocenters. The Morgan fingerprint density at radius 3 is 2.57 bits per heavy atom. The first-order valence-corrected chi connectivity index (χ1v) is 5.84. The molecule has 1 atom stereocenters. The summed E-state index contributed by atoms with van der Waals surface area (Å²) in [6, 6.07) is -0.722. The van der Waals surface area contributed by atoms with E-state index in [9.17, 15) is 13.2 Å². The molecule has 1 saturated heterocycles. The number of rotatable bonds is 1. The van der Waals surface area contributed by atoms with E-state index in [1.807, 2.05) is 0 Å². The Morgan fingerprint density at radius 1 is 1.64 bits per heavy atom. The molecule has 0 aromatic heterocycles. The highest BCUT2D eigenvalue weighted by Gasteiger charge is 2.40. The smallest absolute Gasteiger partial charge is 0.322 e. The van der Waals surface area contributed by atoms with E-state index in [0.717, 1.165) is 11.8 Å². The molecule has 0 aromatic rings. The van der Waals surface area contributed by atoms with E-state index < -0.39 is 27.1 Å². The standard InChI is InChI=1S/C7H11NO4S2/c1-7(2)5(6(9)10)8-3-4(13-7)14(11)12/h5,8H,3H2,1-2H3,(H,9,10). The van der Waals surface area contributed by atoms with Gasteiger partial charge in [-0.25, -0.2) is 0 Å². The Morgan fingerprint density at radius 2 is 2.21 bits per heavy atom. The lowest BCUT2D eigenvalue weighted by atomic mass is 10.0. The zero-order valence-corrected chi connectivity index (χ0v) is 9.41. The predicted molar refractivity (Wildman–Crippen MR) is 55.0 cm³/mol. The number of aliphatic carboxylic acids is 1. The van der Waals surface area contributed by atoms with Gasteiger partial charge in [0, 0.05) is 11.3 Å². The predicted octanol–water partition coefficient (Wildman–Crippen LogP) is -0.436. The first kappa shape index (κ1) is 11.5. The van der Waals surface area contributed by atoms with Crippen molar-refractivity contribution in [3.05, 3.63) is 0 Å². The number of carbonyl (C=O) groups is 1. The van der Waals surface area contributed by atoms with Crippen molar-refractivity contribution in [1.82, 2.24) is 5.32 Å². The molecule has 0 amide bonds. The molecular formula is C7H11NO4S2. The third-order valence-electron chi connectivity index (χ3n) is 1.96. The Balaban J connectivity index is 2.97. The van der Waals surface area contributed by atoms with Gasteiger partial charge >= 0.3 is 5.97 Å². The van der Waals surface area contributed by atoms with Crippen LogP contribution in [0.3, 0.4) is 0 Å². The van der Waals surface area contributed by atoms with Gasteiger partial charge in [-0.2, -0.15) is 8.42 Å². The van der Waals surface area contributed by atoms with Crippen molar-refractivity contribution in [1.29, 1.82) is 0 Å². The lowest BCUT2D eigenvalue weighted by Gasteiger charge is -2.35. The van der Waals surface area contributed by atoms with Crippen molar-refractivity contribution in [3.63, 3.8) is 0 Å². The van der Waals surface area contributed by atoms with Crippen LogP contribution >= 0.6 is 11.8 Å². The lowest BCUT2D eigenvalue weighted by molar-refractivity contribution is -0.140. The fourth-order valence-corrected chi connectivity index (χ4v) is 3.46. The fraction of sp³-hybridized carbons (Fsp3) is 0.714. The Labute approximate surface area is 87.4 Å². The third kappa shape index (κ3) is 2.28. The van der Waals surface area contributed by atoms with Crippen LogP contribution in [0.15, 0.2) is 0 Å². The molecular weight excluding hydrogens is 226 g/mol. The zero-order valence-electron chi connectivity index (χ0n) is 7.77. The second-order valence-corrected chi connectivity index (χ2v) is 6.43. The van der Waals surface area contributed by atoms with Gasteiger partial charge in [0.1, 0.15) is 10.2 Å². The zero-order chi connectivity index (χ0) is 10.9. The minimum Gasteiger partial charge on any atom is -0.480 e. The van der Waals surface area contributed by atoms with E-state index >= 15 is 0 Å². The van der Waals surface area contributed by atoms with E-state index in [1.165, 1.54) is 0 Å². The molecule has 0 spiro atoms. The molecule has 1 aliphatic rings. The Bertz CT molecular complexity index is 376. The highest BCUT2D eigenvalue weighted by atomic mass is 32.2. The SMILES string of the molecule is CC1(C)SC(=S(=O)=O)CNC1C(=O)O. The van der Waals surface area contributed by atoms with Gasteiger partial charge in [-0.1, -0.05) is 0 Å². The number of nitrogens with one attached hydrogen (secondary N) is 1. The number of carboxylic acids is 1. The summed E-state index contributed by atoms with van der Waals surface area (Å²) in [7, 11) is -2.25. The highest BCUT2D eigenvalue weighted by molar-refractivity contribution is 8.22. The highest BCUT2D eigenvalue weighted by Crippen LogP contribution is 2.32. The van der Waals surface area contributed by atoms with Crippen LogP contribution in [0.2, 0.25) is 0 Å². The summed E-state index contributed by atoms with van der Waals surface area (Å²) in [6.07, 6.45) is 0. The van der Waals surface area contributed by atoms with E-state index in [2.05, 4.69) is 5.32 Å². The van der Waals surface area contributed by atoms with Crippen molar-refractivity contribution in [2.24, 2.45) is 0 Å². The van der Waals surface area contributed by atoms with Gasteiger partial charge in [-0.15, -0.1) is 11.8 Å². The van der Waals surface area contributed by atoms with Gasteiger partial charge < -0.3 is 5.11 Å². The van der Waals surface area contributed by atoms with Crippen LogP contribution in [0, 0.1) is 0 Å². The fourth-order valence-electron chi connectivity index (χ4n) is 1.30. The van der Waals surface area contributed by atoms with Gasteiger partial charge in [-0.3, -0.25) is 10.1 Å². The Hall–Kier alpha value is -0.530. The average molecular weight is 237 g/mol. The minimum atomic E-state index is -2.25. The topological polar surface area (TPSA) is 83.5 Å². The largest absolute Gasteiger partial charge is 0.480 e. The number of hydrogen-bond donors (Lipinski definition) is 2. The summed E-state index contributed by atoms with van der Waals surface area (Å²) in [5.74, 6) is -0.960. The summed E-state index contributed by atoms with van der Waals surface area (Å²) < 4.78 is 21.0. The Kier molecular flexibility index (Phi) is 3.23.